The van der Waals surface area contributed by atoms with Crippen LogP contribution >= 0.6 is 11.6 Å². The molecule has 5 heteroatoms. The van der Waals surface area contributed by atoms with Gasteiger partial charge in [-0.15, -0.1) is 6.42 Å². The monoisotopic (exact) mass is 300 g/mol. The Balaban J connectivity index is 2.01. The Bertz CT molecular complexity index is 874. The summed E-state index contributed by atoms with van der Waals surface area (Å²) in [6, 6.07) is 4.87. The zero-order chi connectivity index (χ0) is 14.6. The van der Waals surface area contributed by atoms with E-state index in [1.165, 1.54) is 0 Å². The molecule has 0 amide bonds. The predicted molar refractivity (Wildman–Crippen MR) is 77.2 cm³/mol. The molecule has 0 unspecified atom stereocenters. The van der Waals surface area contributed by atoms with Gasteiger partial charge in [-0.3, -0.25) is 4.79 Å². The van der Waals surface area contributed by atoms with Crippen molar-refractivity contribution in [3.63, 3.8) is 0 Å². The van der Waals surface area contributed by atoms with Crippen LogP contribution in [0.5, 0.6) is 5.75 Å². The minimum atomic E-state index is -0.555. The molecule has 2 aliphatic heterocycles. The van der Waals surface area contributed by atoms with Crippen LogP contribution in [-0.2, 0) is 4.74 Å². The summed E-state index contributed by atoms with van der Waals surface area (Å²) in [4.78, 5) is 12.6. The molecular formula is C16H9ClO4. The lowest BCUT2D eigenvalue weighted by Crippen LogP contribution is -2.35. The molecule has 1 aromatic heterocycles. The number of hydrogen-bond acceptors (Lipinski definition) is 4. The molecule has 0 aliphatic carbocycles. The summed E-state index contributed by atoms with van der Waals surface area (Å²) >= 11 is 5.93. The van der Waals surface area contributed by atoms with Gasteiger partial charge in [0.2, 0.25) is 11.2 Å². The van der Waals surface area contributed by atoms with E-state index in [4.69, 9.17) is 31.9 Å². The number of rotatable bonds is 0. The quantitative estimate of drug-likeness (QED) is 0.702. The van der Waals surface area contributed by atoms with E-state index >= 15 is 0 Å². The van der Waals surface area contributed by atoms with E-state index in [1.54, 1.807) is 24.5 Å². The van der Waals surface area contributed by atoms with Crippen LogP contribution in [0, 0.1) is 18.3 Å². The fourth-order valence-electron chi connectivity index (χ4n) is 2.73. The van der Waals surface area contributed by atoms with Crippen molar-refractivity contribution in [1.29, 1.82) is 0 Å². The normalized spacial score (nSPS) is 25.6. The van der Waals surface area contributed by atoms with E-state index in [1.807, 2.05) is 6.08 Å². The van der Waals surface area contributed by atoms with E-state index in [2.05, 4.69) is 5.92 Å². The third-order valence-electron chi connectivity index (χ3n) is 3.73. The van der Waals surface area contributed by atoms with Crippen molar-refractivity contribution in [2.24, 2.45) is 5.92 Å². The molecule has 0 radical (unpaired) electrons. The highest BCUT2D eigenvalue weighted by molar-refractivity contribution is 6.31. The molecule has 2 aromatic rings. The third-order valence-corrected chi connectivity index (χ3v) is 3.96. The SMILES string of the molecule is C#C[C@@H]1Oc2c(oc3ccc(Cl)cc3c2=O)[C@@H]2OC=C[C@H]12. The van der Waals surface area contributed by atoms with Crippen LogP contribution < -0.4 is 10.2 Å². The Hall–Kier alpha value is -2.38. The van der Waals surface area contributed by atoms with Crippen LogP contribution in [0.2, 0.25) is 5.02 Å². The first kappa shape index (κ1) is 12.4. The molecule has 3 atom stereocenters. The maximum Gasteiger partial charge on any atom is 0.235 e. The first-order valence-corrected chi connectivity index (χ1v) is 6.78. The summed E-state index contributed by atoms with van der Waals surface area (Å²) < 4.78 is 17.0. The molecule has 3 heterocycles. The van der Waals surface area contributed by atoms with Crippen molar-refractivity contribution in [2.75, 3.05) is 0 Å². The number of ether oxygens (including phenoxy) is 2. The Kier molecular flexibility index (Phi) is 2.54. The molecule has 21 heavy (non-hydrogen) atoms. The topological polar surface area (TPSA) is 48.7 Å². The highest BCUT2D eigenvalue weighted by Gasteiger charge is 2.43. The molecule has 0 spiro atoms. The first-order valence-electron chi connectivity index (χ1n) is 6.40. The molecule has 104 valence electrons. The maximum absolute atomic E-state index is 12.6. The maximum atomic E-state index is 12.6. The molecule has 2 aliphatic rings. The summed E-state index contributed by atoms with van der Waals surface area (Å²) in [5.74, 6) is 2.87. The van der Waals surface area contributed by atoms with E-state index in [9.17, 15) is 4.79 Å². The van der Waals surface area contributed by atoms with E-state index in [0.29, 0.717) is 21.8 Å². The second-order valence-corrected chi connectivity index (χ2v) is 5.37. The highest BCUT2D eigenvalue weighted by Crippen LogP contribution is 2.44. The van der Waals surface area contributed by atoms with Crippen molar-refractivity contribution in [3.05, 3.63) is 51.5 Å². The Morgan fingerprint density at radius 2 is 2.19 bits per heavy atom. The van der Waals surface area contributed by atoms with Crippen molar-refractivity contribution in [1.82, 2.24) is 0 Å². The van der Waals surface area contributed by atoms with Crippen molar-refractivity contribution < 1.29 is 13.9 Å². The molecule has 0 N–H and O–H groups in total. The van der Waals surface area contributed by atoms with Crippen LogP contribution in [0.15, 0.2) is 39.7 Å². The predicted octanol–water partition coefficient (Wildman–Crippen LogP) is 3.04. The number of benzene rings is 1. The van der Waals surface area contributed by atoms with Crippen molar-refractivity contribution >= 4 is 22.6 Å². The summed E-state index contributed by atoms with van der Waals surface area (Å²) in [5, 5.41) is 0.817. The van der Waals surface area contributed by atoms with E-state index in [0.717, 1.165) is 0 Å². The molecule has 0 bridgehead atoms. The molecule has 4 nitrogen and oxygen atoms in total. The lowest BCUT2D eigenvalue weighted by molar-refractivity contribution is 0.0390. The largest absolute Gasteiger partial charge is 0.489 e. The summed E-state index contributed by atoms with van der Waals surface area (Å²) in [6.45, 7) is 0. The fraction of sp³-hybridized carbons (Fsp3) is 0.188. The fourth-order valence-corrected chi connectivity index (χ4v) is 2.90. The second-order valence-electron chi connectivity index (χ2n) is 4.93. The number of fused-ring (bicyclic) bond motifs is 4. The van der Waals surface area contributed by atoms with Gasteiger partial charge < -0.3 is 13.9 Å². The smallest absolute Gasteiger partial charge is 0.235 e. The van der Waals surface area contributed by atoms with Gasteiger partial charge in [0.05, 0.1) is 17.6 Å². The summed E-state index contributed by atoms with van der Waals surface area (Å²) in [6.07, 6.45) is 7.89. The van der Waals surface area contributed by atoms with Gasteiger partial charge in [-0.2, -0.15) is 0 Å². The Labute approximate surface area is 124 Å². The second kappa shape index (κ2) is 4.31. The van der Waals surface area contributed by atoms with Crippen LogP contribution in [0.1, 0.15) is 11.9 Å². The van der Waals surface area contributed by atoms with Gasteiger partial charge >= 0.3 is 0 Å². The minimum absolute atomic E-state index is 0.109. The molecular weight excluding hydrogens is 292 g/mol. The van der Waals surface area contributed by atoms with Gasteiger partial charge in [-0.25, -0.2) is 0 Å². The van der Waals surface area contributed by atoms with Gasteiger partial charge in [0, 0.05) is 5.02 Å². The highest BCUT2D eigenvalue weighted by atomic mass is 35.5. The number of hydrogen-bond donors (Lipinski definition) is 0. The summed E-state index contributed by atoms with van der Waals surface area (Å²) in [5.41, 5.74) is 0.156. The molecule has 0 fully saturated rings. The molecule has 0 saturated heterocycles. The van der Waals surface area contributed by atoms with Gasteiger partial charge in [0.1, 0.15) is 5.58 Å². The zero-order valence-corrected chi connectivity index (χ0v) is 11.5. The molecule has 4 rings (SSSR count). The standard InChI is InChI=1S/C16H9ClO4/c1-2-11-9-5-6-19-14(9)16-15(20-11)13(18)10-7-8(17)3-4-12(10)21-16/h1,3-7,9,11,14H/t9-,11+,14-/m1/s1. The van der Waals surface area contributed by atoms with Gasteiger partial charge in [-0.1, -0.05) is 17.5 Å². The minimum Gasteiger partial charge on any atom is -0.489 e. The van der Waals surface area contributed by atoms with Gasteiger partial charge in [0.15, 0.2) is 18.0 Å². The van der Waals surface area contributed by atoms with E-state index in [-0.39, 0.29) is 17.1 Å². The Morgan fingerprint density at radius 3 is 3.00 bits per heavy atom. The van der Waals surface area contributed by atoms with E-state index < -0.39 is 12.2 Å². The average molecular weight is 301 g/mol. The third kappa shape index (κ3) is 1.68. The van der Waals surface area contributed by atoms with Gasteiger partial charge in [0.25, 0.3) is 0 Å². The first-order chi connectivity index (χ1) is 10.2. The van der Waals surface area contributed by atoms with Crippen LogP contribution in [0.3, 0.4) is 0 Å². The zero-order valence-electron chi connectivity index (χ0n) is 10.7. The molecule has 0 saturated carbocycles. The number of terminal acetylenes is 1. The van der Waals surface area contributed by atoms with Gasteiger partial charge in [-0.05, 0) is 24.3 Å². The lowest BCUT2D eigenvalue weighted by Gasteiger charge is -2.30. The lowest BCUT2D eigenvalue weighted by atomic mass is 9.92. The Morgan fingerprint density at radius 1 is 1.33 bits per heavy atom. The average Bonchev–Trinajstić information content (AvgIpc) is 2.97. The van der Waals surface area contributed by atoms with Crippen molar-refractivity contribution in [3.8, 4) is 18.1 Å². The summed E-state index contributed by atoms with van der Waals surface area (Å²) in [7, 11) is 0. The van der Waals surface area contributed by atoms with Crippen LogP contribution in [0.25, 0.3) is 11.0 Å². The van der Waals surface area contributed by atoms with Crippen LogP contribution in [-0.4, -0.2) is 6.10 Å². The number of halogens is 1. The van der Waals surface area contributed by atoms with Crippen LogP contribution in [0.4, 0.5) is 0 Å². The molecule has 1 aromatic carbocycles. The van der Waals surface area contributed by atoms with Crippen molar-refractivity contribution in [2.45, 2.75) is 12.2 Å².